The van der Waals surface area contributed by atoms with Crippen LogP contribution in [0.1, 0.15) is 24.8 Å². The second-order valence-electron chi connectivity index (χ2n) is 8.17. The number of rotatable bonds is 5. The summed E-state index contributed by atoms with van der Waals surface area (Å²) in [5.74, 6) is 0.388. The molecule has 0 radical (unpaired) electrons. The van der Waals surface area contributed by atoms with E-state index in [0.717, 1.165) is 31.0 Å². The first-order chi connectivity index (χ1) is 15.0. The zero-order chi connectivity index (χ0) is 21.4. The van der Waals surface area contributed by atoms with Gasteiger partial charge in [-0.05, 0) is 49.6 Å². The highest BCUT2D eigenvalue weighted by Gasteiger charge is 2.44. The molecular weight excluding hydrogens is 417 g/mol. The summed E-state index contributed by atoms with van der Waals surface area (Å²) in [6.07, 6.45) is 6.03. The van der Waals surface area contributed by atoms with E-state index >= 15 is 0 Å². The monoisotopic (exact) mass is 441 g/mol. The van der Waals surface area contributed by atoms with Crippen molar-refractivity contribution in [1.82, 2.24) is 5.32 Å². The number of allylic oxidation sites excluding steroid dienone is 2. The van der Waals surface area contributed by atoms with E-state index in [0.29, 0.717) is 12.2 Å². The van der Waals surface area contributed by atoms with Gasteiger partial charge in [-0.2, -0.15) is 0 Å². The lowest BCUT2D eigenvalue weighted by Crippen LogP contribution is -2.45. The molecule has 3 unspecified atom stereocenters. The molecule has 3 aliphatic rings. The average Bonchev–Trinajstić information content (AvgIpc) is 3.16. The van der Waals surface area contributed by atoms with Crippen LogP contribution in [-0.4, -0.2) is 27.1 Å². The van der Waals surface area contributed by atoms with Crippen LogP contribution in [0.5, 0.6) is 5.75 Å². The Morgan fingerprint density at radius 1 is 1.16 bits per heavy atom. The quantitative estimate of drug-likeness (QED) is 0.756. The number of fused-ring (bicyclic) bond motifs is 3. The second kappa shape index (κ2) is 8.13. The topological polar surface area (TPSA) is 64.6 Å². The zero-order valence-electron chi connectivity index (χ0n) is 17.0. The summed E-state index contributed by atoms with van der Waals surface area (Å²) in [7, 11) is -3.90. The molecule has 5 rings (SSSR count). The van der Waals surface area contributed by atoms with Crippen LogP contribution in [0.3, 0.4) is 0 Å². The molecule has 2 fully saturated rings. The fourth-order valence-corrected chi connectivity index (χ4v) is 5.94. The van der Waals surface area contributed by atoms with Gasteiger partial charge in [0.05, 0.1) is 15.8 Å². The molecule has 2 saturated heterocycles. The van der Waals surface area contributed by atoms with Gasteiger partial charge in [-0.1, -0.05) is 36.4 Å². The molecule has 0 amide bonds. The van der Waals surface area contributed by atoms with Crippen LogP contribution >= 0.6 is 0 Å². The van der Waals surface area contributed by atoms with Gasteiger partial charge in [0.1, 0.15) is 30.0 Å². The highest BCUT2D eigenvalue weighted by Crippen LogP contribution is 2.41. The zero-order valence-corrected chi connectivity index (χ0v) is 17.8. The third kappa shape index (κ3) is 4.00. The molecule has 0 saturated carbocycles. The number of halogens is 1. The predicted octanol–water partition coefficient (Wildman–Crippen LogP) is 4.12. The molecule has 5 nitrogen and oxygen atoms in total. The van der Waals surface area contributed by atoms with Crippen molar-refractivity contribution in [1.29, 1.82) is 0 Å². The van der Waals surface area contributed by atoms with Crippen LogP contribution in [0, 0.1) is 11.7 Å². The van der Waals surface area contributed by atoms with Crippen molar-refractivity contribution >= 4 is 9.84 Å². The van der Waals surface area contributed by atoms with Gasteiger partial charge in [0, 0.05) is 12.0 Å². The number of sulfone groups is 1. The van der Waals surface area contributed by atoms with Crippen molar-refractivity contribution in [3.8, 4) is 5.75 Å². The summed E-state index contributed by atoms with van der Waals surface area (Å²) in [6, 6.07) is 13.3. The van der Waals surface area contributed by atoms with Gasteiger partial charge in [-0.15, -0.1) is 0 Å². The maximum absolute atomic E-state index is 14.3. The van der Waals surface area contributed by atoms with E-state index in [-0.39, 0.29) is 40.2 Å². The molecule has 31 heavy (non-hydrogen) atoms. The molecule has 0 spiro atoms. The molecule has 0 bridgehead atoms. The number of hydrogen-bond donors (Lipinski definition) is 1. The molecule has 0 aromatic heterocycles. The molecule has 7 heteroatoms. The van der Waals surface area contributed by atoms with Gasteiger partial charge >= 0.3 is 0 Å². The lowest BCUT2D eigenvalue weighted by Gasteiger charge is -2.27. The molecular formula is C24H24FNO4S. The number of ether oxygens (including phenoxy) is 2. The first kappa shape index (κ1) is 20.3. The maximum Gasteiger partial charge on any atom is 0.206 e. The Kier molecular flexibility index (Phi) is 5.32. The lowest BCUT2D eigenvalue weighted by molar-refractivity contribution is 0.115. The van der Waals surface area contributed by atoms with E-state index < -0.39 is 15.7 Å². The van der Waals surface area contributed by atoms with Crippen LogP contribution < -0.4 is 10.1 Å². The summed E-state index contributed by atoms with van der Waals surface area (Å²) in [5, 5.41) is 3.50. The molecule has 3 atom stereocenters. The predicted molar refractivity (Wildman–Crippen MR) is 115 cm³/mol. The fourth-order valence-electron chi connectivity index (χ4n) is 4.54. The van der Waals surface area contributed by atoms with Gasteiger partial charge in [-0.25, -0.2) is 12.8 Å². The average molecular weight is 442 g/mol. The van der Waals surface area contributed by atoms with Crippen molar-refractivity contribution in [2.24, 2.45) is 5.92 Å². The molecule has 1 aliphatic carbocycles. The Morgan fingerprint density at radius 2 is 2.00 bits per heavy atom. The van der Waals surface area contributed by atoms with Crippen molar-refractivity contribution in [3.63, 3.8) is 0 Å². The molecule has 2 aliphatic heterocycles. The van der Waals surface area contributed by atoms with Crippen LogP contribution in [0.2, 0.25) is 0 Å². The van der Waals surface area contributed by atoms with E-state index in [1.807, 2.05) is 30.3 Å². The van der Waals surface area contributed by atoms with Gasteiger partial charge < -0.3 is 14.8 Å². The number of piperidine rings is 1. The standard InChI is InChI=1S/C24H24FNO4S/c25-17-11-18(29-15-16-5-2-1-3-6-16)13-20(12-17)31(27,28)19-8-9-21-23(14-19)30-22-7-4-10-26-24(21)22/h1-3,5-6,8,11-14,21-22,24,26H,4,7,9-10,15H2. The third-order valence-electron chi connectivity index (χ3n) is 6.10. The molecule has 2 aromatic rings. The molecule has 2 aromatic carbocycles. The van der Waals surface area contributed by atoms with Gasteiger partial charge in [0.2, 0.25) is 9.84 Å². The summed E-state index contributed by atoms with van der Waals surface area (Å²) >= 11 is 0. The largest absolute Gasteiger partial charge is 0.493 e. The van der Waals surface area contributed by atoms with Gasteiger partial charge in [0.25, 0.3) is 0 Å². The molecule has 1 N–H and O–H groups in total. The Bertz CT molecular complexity index is 1140. The lowest BCUT2D eigenvalue weighted by atomic mass is 9.87. The highest BCUT2D eigenvalue weighted by molar-refractivity contribution is 7.95. The summed E-state index contributed by atoms with van der Waals surface area (Å²) in [6.45, 7) is 1.18. The van der Waals surface area contributed by atoms with Crippen molar-refractivity contribution < 1.29 is 22.3 Å². The summed E-state index contributed by atoms with van der Waals surface area (Å²) in [4.78, 5) is 0.0302. The Labute approximate surface area is 181 Å². The van der Waals surface area contributed by atoms with Crippen LogP contribution in [0.4, 0.5) is 4.39 Å². The minimum Gasteiger partial charge on any atom is -0.493 e. The van der Waals surface area contributed by atoms with Gasteiger partial charge in [0.15, 0.2) is 0 Å². The fraction of sp³-hybridized carbons (Fsp3) is 0.333. The van der Waals surface area contributed by atoms with Crippen molar-refractivity contribution in [2.45, 2.75) is 42.9 Å². The van der Waals surface area contributed by atoms with Gasteiger partial charge in [-0.3, -0.25) is 0 Å². The first-order valence-electron chi connectivity index (χ1n) is 10.5. The smallest absolute Gasteiger partial charge is 0.206 e. The number of nitrogens with one attached hydrogen (secondary N) is 1. The minimum atomic E-state index is -3.90. The normalized spacial score (nSPS) is 25.0. The second-order valence-corrected chi connectivity index (χ2v) is 10.1. The first-order valence-corrected chi connectivity index (χ1v) is 12.0. The van der Waals surface area contributed by atoms with Crippen LogP contribution in [0.25, 0.3) is 0 Å². The van der Waals surface area contributed by atoms with Crippen molar-refractivity contribution in [2.75, 3.05) is 6.54 Å². The van der Waals surface area contributed by atoms with Crippen LogP contribution in [-0.2, 0) is 21.2 Å². The van der Waals surface area contributed by atoms with E-state index in [1.54, 1.807) is 12.2 Å². The van der Waals surface area contributed by atoms with E-state index in [2.05, 4.69) is 5.32 Å². The van der Waals surface area contributed by atoms with Crippen LogP contribution in [0.15, 0.2) is 76.2 Å². The number of benzene rings is 2. The minimum absolute atomic E-state index is 0.0904. The highest BCUT2D eigenvalue weighted by atomic mass is 32.2. The van der Waals surface area contributed by atoms with E-state index in [9.17, 15) is 12.8 Å². The van der Waals surface area contributed by atoms with E-state index in [4.69, 9.17) is 9.47 Å². The Hall–Kier alpha value is -2.64. The SMILES string of the molecule is O=S(=O)(C1=CCC2C(=C1)OC1CCCNC12)c1cc(F)cc(OCc2ccccc2)c1. The maximum atomic E-state index is 14.3. The van der Waals surface area contributed by atoms with E-state index in [1.165, 1.54) is 12.1 Å². The Balaban J connectivity index is 1.38. The molecule has 162 valence electrons. The number of hydrogen-bond acceptors (Lipinski definition) is 5. The summed E-state index contributed by atoms with van der Waals surface area (Å²) < 4.78 is 52.5. The molecule has 2 heterocycles. The Morgan fingerprint density at radius 3 is 2.84 bits per heavy atom. The third-order valence-corrected chi connectivity index (χ3v) is 7.87. The van der Waals surface area contributed by atoms with Crippen molar-refractivity contribution in [3.05, 3.63) is 82.7 Å². The summed E-state index contributed by atoms with van der Waals surface area (Å²) in [5.41, 5.74) is 0.912.